The third-order valence-corrected chi connectivity index (χ3v) is 4.18. The van der Waals surface area contributed by atoms with E-state index >= 15 is 0 Å². The highest BCUT2D eigenvalue weighted by molar-refractivity contribution is 6.51. The van der Waals surface area contributed by atoms with Crippen molar-refractivity contribution in [3.8, 4) is 0 Å². The highest BCUT2D eigenvalue weighted by atomic mass is 35.5. The quantitative estimate of drug-likeness (QED) is 0.652. The number of halogens is 2. The summed E-state index contributed by atoms with van der Waals surface area (Å²) in [6.07, 6.45) is 4.10. The monoisotopic (exact) mass is 222 g/mol. The van der Waals surface area contributed by atoms with Crippen molar-refractivity contribution in [3.63, 3.8) is 0 Å². The Morgan fingerprint density at radius 1 is 1.31 bits per heavy atom. The average molecular weight is 223 g/mol. The van der Waals surface area contributed by atoms with Crippen LogP contribution in [0.5, 0.6) is 0 Å². The maximum Gasteiger partial charge on any atom is 0.127 e. The van der Waals surface area contributed by atoms with Gasteiger partial charge in [0, 0.05) is 11.8 Å². The van der Waals surface area contributed by atoms with Gasteiger partial charge in [-0.05, 0) is 26.7 Å². The number of hydrogen-bond donors (Lipinski definition) is 0. The van der Waals surface area contributed by atoms with Gasteiger partial charge in [0.05, 0.1) is 12.2 Å². The molecule has 3 heteroatoms. The van der Waals surface area contributed by atoms with E-state index in [-0.39, 0.29) is 6.10 Å². The van der Waals surface area contributed by atoms with Gasteiger partial charge in [0.1, 0.15) is 4.33 Å². The van der Waals surface area contributed by atoms with Crippen LogP contribution in [0.3, 0.4) is 0 Å². The predicted molar refractivity (Wildman–Crippen MR) is 55.3 cm³/mol. The lowest BCUT2D eigenvalue weighted by Crippen LogP contribution is -2.24. The third-order valence-electron chi connectivity index (χ3n) is 3.11. The Bertz CT molecular complexity index is 203. The van der Waals surface area contributed by atoms with Crippen LogP contribution in [-0.2, 0) is 4.74 Å². The van der Waals surface area contributed by atoms with Crippen molar-refractivity contribution in [3.05, 3.63) is 0 Å². The van der Waals surface area contributed by atoms with E-state index in [0.29, 0.717) is 17.9 Å². The zero-order valence-corrected chi connectivity index (χ0v) is 9.61. The molecular formula is C10H16Cl2O. The summed E-state index contributed by atoms with van der Waals surface area (Å²) in [5, 5.41) is 0. The second-order valence-electron chi connectivity index (χ2n) is 4.46. The molecule has 2 fully saturated rings. The molecular weight excluding hydrogens is 207 g/mol. The van der Waals surface area contributed by atoms with Gasteiger partial charge in [0.2, 0.25) is 0 Å². The van der Waals surface area contributed by atoms with Crippen molar-refractivity contribution in [1.82, 2.24) is 0 Å². The first-order valence-corrected chi connectivity index (χ1v) is 5.82. The molecule has 3 atom stereocenters. The molecule has 2 aliphatic rings. The molecule has 0 aromatic heterocycles. The number of alkyl halides is 2. The van der Waals surface area contributed by atoms with Gasteiger partial charge in [-0.3, -0.25) is 0 Å². The molecule has 1 nitrogen and oxygen atoms in total. The van der Waals surface area contributed by atoms with Crippen LogP contribution >= 0.6 is 23.2 Å². The molecule has 0 spiro atoms. The van der Waals surface area contributed by atoms with E-state index in [4.69, 9.17) is 27.9 Å². The summed E-state index contributed by atoms with van der Waals surface area (Å²) in [6, 6.07) is 0. The number of rotatable bonds is 2. The van der Waals surface area contributed by atoms with Crippen molar-refractivity contribution in [1.29, 1.82) is 0 Å². The topological polar surface area (TPSA) is 9.23 Å². The average Bonchev–Trinajstić information content (AvgIpc) is 2.55. The zero-order valence-electron chi connectivity index (χ0n) is 8.09. The van der Waals surface area contributed by atoms with E-state index in [0.717, 1.165) is 6.42 Å². The van der Waals surface area contributed by atoms with Gasteiger partial charge in [0.15, 0.2) is 0 Å². The maximum atomic E-state index is 6.18. The Morgan fingerprint density at radius 3 is 2.62 bits per heavy atom. The second kappa shape index (κ2) is 3.29. The van der Waals surface area contributed by atoms with Crippen LogP contribution in [0.25, 0.3) is 0 Å². The summed E-state index contributed by atoms with van der Waals surface area (Å²) in [5.74, 6) is 0.889. The Balaban J connectivity index is 1.98. The molecule has 0 aromatic carbocycles. The fraction of sp³-hybridized carbons (Fsp3) is 1.00. The van der Waals surface area contributed by atoms with Crippen LogP contribution in [0.4, 0.5) is 0 Å². The van der Waals surface area contributed by atoms with Gasteiger partial charge in [-0.1, -0.05) is 6.42 Å². The first-order valence-electron chi connectivity index (χ1n) is 5.06. The van der Waals surface area contributed by atoms with E-state index in [1.165, 1.54) is 12.8 Å². The van der Waals surface area contributed by atoms with Gasteiger partial charge >= 0.3 is 0 Å². The van der Waals surface area contributed by atoms with Crippen molar-refractivity contribution in [2.45, 2.75) is 49.7 Å². The molecule has 0 unspecified atom stereocenters. The minimum absolute atomic E-state index is 0.286. The van der Waals surface area contributed by atoms with Gasteiger partial charge in [-0.2, -0.15) is 0 Å². The smallest absolute Gasteiger partial charge is 0.127 e. The van der Waals surface area contributed by atoms with Crippen LogP contribution in [0.1, 0.15) is 33.1 Å². The summed E-state index contributed by atoms with van der Waals surface area (Å²) >= 11 is 12.4. The van der Waals surface area contributed by atoms with Crippen LogP contribution in [0.15, 0.2) is 0 Å². The number of hydrogen-bond acceptors (Lipinski definition) is 1. The van der Waals surface area contributed by atoms with Gasteiger partial charge < -0.3 is 4.74 Å². The standard InChI is InChI=1S/C10H16Cl2O/c1-6(2)13-8-5-3-4-7-9(8)10(7,11)12/h6-9H,3-5H2,1-2H3/t7-,8-,9-/m0/s1. The van der Waals surface area contributed by atoms with Crippen molar-refractivity contribution < 1.29 is 4.74 Å². The Hall–Kier alpha value is 0.540. The highest BCUT2D eigenvalue weighted by Crippen LogP contribution is 2.65. The van der Waals surface area contributed by atoms with Gasteiger partial charge in [0.25, 0.3) is 0 Å². The number of fused-ring (bicyclic) bond motifs is 1. The zero-order chi connectivity index (χ0) is 9.64. The van der Waals surface area contributed by atoms with Crippen LogP contribution < -0.4 is 0 Å². The molecule has 2 saturated carbocycles. The Labute approximate surface area is 89.7 Å². The minimum Gasteiger partial charge on any atom is -0.375 e. The molecule has 13 heavy (non-hydrogen) atoms. The molecule has 0 bridgehead atoms. The summed E-state index contributed by atoms with van der Waals surface area (Å²) < 4.78 is 5.34. The van der Waals surface area contributed by atoms with Crippen molar-refractivity contribution >= 4 is 23.2 Å². The van der Waals surface area contributed by atoms with E-state index in [1.807, 2.05) is 0 Å². The minimum atomic E-state index is -0.476. The molecule has 2 aliphatic carbocycles. The molecule has 0 N–H and O–H groups in total. The Kier molecular flexibility index (Phi) is 2.55. The first kappa shape index (κ1) is 10.1. The Morgan fingerprint density at radius 2 is 2.00 bits per heavy atom. The summed E-state index contributed by atoms with van der Waals surface area (Å²) in [4.78, 5) is 0. The van der Waals surface area contributed by atoms with Crippen LogP contribution in [0, 0.1) is 11.8 Å². The molecule has 76 valence electrons. The second-order valence-corrected chi connectivity index (χ2v) is 5.91. The van der Waals surface area contributed by atoms with Crippen LogP contribution in [-0.4, -0.2) is 16.5 Å². The molecule has 0 radical (unpaired) electrons. The van der Waals surface area contributed by atoms with E-state index in [1.54, 1.807) is 0 Å². The van der Waals surface area contributed by atoms with Gasteiger partial charge in [-0.15, -0.1) is 23.2 Å². The molecule has 0 amide bonds. The lowest BCUT2D eigenvalue weighted by Gasteiger charge is -2.23. The first-order chi connectivity index (χ1) is 6.03. The van der Waals surface area contributed by atoms with E-state index in [2.05, 4.69) is 13.8 Å². The van der Waals surface area contributed by atoms with Gasteiger partial charge in [-0.25, -0.2) is 0 Å². The molecule has 2 rings (SSSR count). The third kappa shape index (κ3) is 1.71. The largest absolute Gasteiger partial charge is 0.375 e. The lowest BCUT2D eigenvalue weighted by molar-refractivity contribution is -0.0211. The maximum absolute atomic E-state index is 6.18. The lowest BCUT2D eigenvalue weighted by atomic mass is 9.98. The molecule has 0 heterocycles. The SMILES string of the molecule is CC(C)O[C@H]1CCC[C@H]2[C@@H]1C2(Cl)Cl. The fourth-order valence-corrected chi connectivity index (χ4v) is 3.47. The van der Waals surface area contributed by atoms with E-state index in [9.17, 15) is 0 Å². The fourth-order valence-electron chi connectivity index (χ4n) is 2.52. The molecule has 0 saturated heterocycles. The highest BCUT2D eigenvalue weighted by Gasteiger charge is 2.67. The summed E-state index contributed by atoms with van der Waals surface area (Å²) in [6.45, 7) is 4.13. The number of ether oxygens (including phenoxy) is 1. The normalized spacial score (nSPS) is 41.8. The van der Waals surface area contributed by atoms with Crippen molar-refractivity contribution in [2.75, 3.05) is 0 Å². The predicted octanol–water partition coefficient (Wildman–Crippen LogP) is 3.38. The summed E-state index contributed by atoms with van der Waals surface area (Å²) in [7, 11) is 0. The summed E-state index contributed by atoms with van der Waals surface area (Å²) in [5.41, 5.74) is 0. The molecule has 0 aromatic rings. The van der Waals surface area contributed by atoms with Crippen molar-refractivity contribution in [2.24, 2.45) is 11.8 Å². The van der Waals surface area contributed by atoms with Crippen LogP contribution in [0.2, 0.25) is 0 Å². The molecule has 0 aliphatic heterocycles. The van der Waals surface area contributed by atoms with E-state index < -0.39 is 4.33 Å².